The Bertz CT molecular complexity index is 296. The number of halogens is 1. The SMILES string of the molecule is CCOc1cccc(C(Cl)CC(C)C)c1. The Morgan fingerprint density at radius 1 is 1.33 bits per heavy atom. The van der Waals surface area contributed by atoms with Gasteiger partial charge in [0.25, 0.3) is 0 Å². The monoisotopic (exact) mass is 226 g/mol. The molecule has 1 atom stereocenters. The lowest BCUT2D eigenvalue weighted by molar-refractivity contribution is 0.339. The smallest absolute Gasteiger partial charge is 0.119 e. The van der Waals surface area contributed by atoms with Crippen molar-refractivity contribution in [3.63, 3.8) is 0 Å². The van der Waals surface area contributed by atoms with Crippen LogP contribution in [0, 0.1) is 5.92 Å². The third-order valence-electron chi connectivity index (χ3n) is 2.21. The van der Waals surface area contributed by atoms with Gasteiger partial charge in [-0.1, -0.05) is 26.0 Å². The fraction of sp³-hybridized carbons (Fsp3) is 0.538. The Morgan fingerprint density at radius 2 is 2.07 bits per heavy atom. The Kier molecular flexibility index (Phi) is 4.97. The number of ether oxygens (including phenoxy) is 1. The van der Waals surface area contributed by atoms with E-state index in [1.807, 2.05) is 25.1 Å². The number of hydrogen-bond donors (Lipinski definition) is 0. The average molecular weight is 227 g/mol. The maximum Gasteiger partial charge on any atom is 0.119 e. The van der Waals surface area contributed by atoms with Gasteiger partial charge < -0.3 is 4.74 Å². The zero-order valence-corrected chi connectivity index (χ0v) is 10.4. The predicted molar refractivity (Wildman–Crippen MR) is 65.7 cm³/mol. The van der Waals surface area contributed by atoms with Crippen molar-refractivity contribution in [2.45, 2.75) is 32.6 Å². The normalized spacial score (nSPS) is 12.9. The molecule has 0 aliphatic carbocycles. The molecule has 0 bridgehead atoms. The lowest BCUT2D eigenvalue weighted by atomic mass is 10.0. The Hall–Kier alpha value is -0.690. The summed E-state index contributed by atoms with van der Waals surface area (Å²) < 4.78 is 5.44. The summed E-state index contributed by atoms with van der Waals surface area (Å²) >= 11 is 6.32. The van der Waals surface area contributed by atoms with Crippen LogP contribution in [0.4, 0.5) is 0 Å². The number of alkyl halides is 1. The van der Waals surface area contributed by atoms with Crippen molar-refractivity contribution in [3.8, 4) is 5.75 Å². The van der Waals surface area contributed by atoms with Crippen molar-refractivity contribution in [2.75, 3.05) is 6.61 Å². The Balaban J connectivity index is 2.71. The van der Waals surface area contributed by atoms with Crippen LogP contribution in [-0.4, -0.2) is 6.61 Å². The summed E-state index contributed by atoms with van der Waals surface area (Å²) in [6.07, 6.45) is 0.997. The average Bonchev–Trinajstić information content (AvgIpc) is 2.17. The second kappa shape index (κ2) is 6.02. The topological polar surface area (TPSA) is 9.23 Å². The first-order valence-corrected chi connectivity index (χ1v) is 5.94. The molecule has 84 valence electrons. The fourth-order valence-corrected chi connectivity index (χ4v) is 2.01. The van der Waals surface area contributed by atoms with Crippen LogP contribution in [0.15, 0.2) is 24.3 Å². The molecule has 0 amide bonds. The maximum absolute atomic E-state index is 6.32. The first-order valence-electron chi connectivity index (χ1n) is 5.50. The van der Waals surface area contributed by atoms with Crippen LogP contribution in [-0.2, 0) is 0 Å². The largest absolute Gasteiger partial charge is 0.494 e. The molecule has 2 heteroatoms. The van der Waals surface area contributed by atoms with E-state index in [0.29, 0.717) is 12.5 Å². The predicted octanol–water partition coefficient (Wildman–Crippen LogP) is 4.41. The molecule has 15 heavy (non-hydrogen) atoms. The van der Waals surface area contributed by atoms with Gasteiger partial charge in [0.05, 0.1) is 12.0 Å². The van der Waals surface area contributed by atoms with Crippen molar-refractivity contribution < 1.29 is 4.74 Å². The van der Waals surface area contributed by atoms with E-state index in [9.17, 15) is 0 Å². The van der Waals surface area contributed by atoms with Crippen LogP contribution in [0.25, 0.3) is 0 Å². The summed E-state index contributed by atoms with van der Waals surface area (Å²) in [7, 11) is 0. The van der Waals surface area contributed by atoms with Crippen LogP contribution >= 0.6 is 11.6 Å². The molecule has 0 N–H and O–H groups in total. The van der Waals surface area contributed by atoms with Gasteiger partial charge in [-0.25, -0.2) is 0 Å². The molecule has 0 heterocycles. The summed E-state index contributed by atoms with van der Waals surface area (Å²) in [5.41, 5.74) is 1.15. The highest BCUT2D eigenvalue weighted by Crippen LogP contribution is 2.29. The molecule has 1 nitrogen and oxygen atoms in total. The molecule has 1 aromatic rings. The molecule has 1 unspecified atom stereocenters. The zero-order valence-electron chi connectivity index (χ0n) is 9.66. The lowest BCUT2D eigenvalue weighted by Gasteiger charge is -2.13. The van der Waals surface area contributed by atoms with E-state index in [1.165, 1.54) is 0 Å². The van der Waals surface area contributed by atoms with Crippen LogP contribution in [0.1, 0.15) is 38.1 Å². The molecular formula is C13H19ClO. The van der Waals surface area contributed by atoms with Crippen molar-refractivity contribution >= 4 is 11.6 Å². The fourth-order valence-electron chi connectivity index (χ4n) is 1.52. The van der Waals surface area contributed by atoms with Crippen molar-refractivity contribution in [2.24, 2.45) is 5.92 Å². The minimum atomic E-state index is 0.0883. The third kappa shape index (κ3) is 4.13. The minimum absolute atomic E-state index is 0.0883. The lowest BCUT2D eigenvalue weighted by Crippen LogP contribution is -1.98. The highest BCUT2D eigenvalue weighted by atomic mass is 35.5. The van der Waals surface area contributed by atoms with Gasteiger partial charge in [0.15, 0.2) is 0 Å². The van der Waals surface area contributed by atoms with Gasteiger partial charge in [0.1, 0.15) is 5.75 Å². The molecule has 0 radical (unpaired) electrons. The first kappa shape index (κ1) is 12.4. The summed E-state index contributed by atoms with van der Waals surface area (Å²) in [5.74, 6) is 1.52. The number of benzene rings is 1. The van der Waals surface area contributed by atoms with E-state index >= 15 is 0 Å². The molecule has 0 saturated heterocycles. The molecular weight excluding hydrogens is 208 g/mol. The van der Waals surface area contributed by atoms with Crippen molar-refractivity contribution in [1.82, 2.24) is 0 Å². The Morgan fingerprint density at radius 3 is 2.67 bits per heavy atom. The highest BCUT2D eigenvalue weighted by molar-refractivity contribution is 6.20. The Labute approximate surface area is 97.4 Å². The van der Waals surface area contributed by atoms with Crippen LogP contribution in [0.3, 0.4) is 0 Å². The quantitative estimate of drug-likeness (QED) is 0.676. The van der Waals surface area contributed by atoms with Crippen molar-refractivity contribution in [3.05, 3.63) is 29.8 Å². The summed E-state index contributed by atoms with van der Waals surface area (Å²) in [4.78, 5) is 0. The van der Waals surface area contributed by atoms with Crippen molar-refractivity contribution in [1.29, 1.82) is 0 Å². The van der Waals surface area contributed by atoms with Gasteiger partial charge in [0, 0.05) is 0 Å². The van der Waals surface area contributed by atoms with Gasteiger partial charge in [-0.15, -0.1) is 11.6 Å². The van der Waals surface area contributed by atoms with Gasteiger partial charge in [-0.05, 0) is 37.0 Å². The molecule has 0 aromatic heterocycles. The van der Waals surface area contributed by atoms with E-state index < -0.39 is 0 Å². The zero-order chi connectivity index (χ0) is 11.3. The van der Waals surface area contributed by atoms with Crippen LogP contribution in [0.5, 0.6) is 5.75 Å². The second-order valence-corrected chi connectivity index (χ2v) is 4.63. The molecule has 0 spiro atoms. The first-order chi connectivity index (χ1) is 7.13. The summed E-state index contributed by atoms with van der Waals surface area (Å²) in [6.45, 7) is 7.04. The number of rotatable bonds is 5. The van der Waals surface area contributed by atoms with E-state index in [4.69, 9.17) is 16.3 Å². The molecule has 1 rings (SSSR count). The van der Waals surface area contributed by atoms with Gasteiger partial charge in [-0.3, -0.25) is 0 Å². The van der Waals surface area contributed by atoms with Gasteiger partial charge in [0.2, 0.25) is 0 Å². The molecule has 0 aliphatic rings. The molecule has 0 aliphatic heterocycles. The van der Waals surface area contributed by atoms with E-state index in [0.717, 1.165) is 17.7 Å². The molecule has 0 fully saturated rings. The summed E-state index contributed by atoms with van der Waals surface area (Å²) in [5, 5.41) is 0.0883. The van der Waals surface area contributed by atoms with Crippen LogP contribution < -0.4 is 4.74 Å². The van der Waals surface area contributed by atoms with Gasteiger partial charge in [-0.2, -0.15) is 0 Å². The van der Waals surface area contributed by atoms with E-state index in [2.05, 4.69) is 19.9 Å². The van der Waals surface area contributed by atoms with E-state index in [1.54, 1.807) is 0 Å². The van der Waals surface area contributed by atoms with Crippen LogP contribution in [0.2, 0.25) is 0 Å². The minimum Gasteiger partial charge on any atom is -0.494 e. The summed E-state index contributed by atoms with van der Waals surface area (Å²) in [6, 6.07) is 8.05. The maximum atomic E-state index is 6.32. The second-order valence-electron chi connectivity index (χ2n) is 4.10. The van der Waals surface area contributed by atoms with Gasteiger partial charge >= 0.3 is 0 Å². The molecule has 1 aromatic carbocycles. The molecule has 0 saturated carbocycles. The highest BCUT2D eigenvalue weighted by Gasteiger charge is 2.10. The standard InChI is InChI=1S/C13H19ClO/c1-4-15-12-7-5-6-11(9-12)13(14)8-10(2)3/h5-7,9-10,13H,4,8H2,1-3H3. The third-order valence-corrected chi connectivity index (χ3v) is 2.64. The number of hydrogen-bond acceptors (Lipinski definition) is 1. The van der Waals surface area contributed by atoms with E-state index in [-0.39, 0.29) is 5.38 Å².